The molecule has 2 rings (SSSR count). The number of esters is 4. The average Bonchev–Trinajstić information content (AvgIpc) is 3.62. The van der Waals surface area contributed by atoms with Gasteiger partial charge in [-0.1, -0.05) is 207 Å². The first-order chi connectivity index (χ1) is 24.4. The molecule has 2 saturated heterocycles. The lowest BCUT2D eigenvalue weighted by atomic mass is 9.84. The maximum absolute atomic E-state index is 11.7. The normalized spacial score (nSPS) is 18.6. The summed E-state index contributed by atoms with van der Waals surface area (Å²) < 4.78 is 9.36. The van der Waals surface area contributed by atoms with Gasteiger partial charge in [0.1, 0.15) is 0 Å². The summed E-state index contributed by atoms with van der Waals surface area (Å²) in [4.78, 5) is 45.6. The lowest BCUT2D eigenvalue weighted by Gasteiger charge is -2.18. The molecule has 2 fully saturated rings. The van der Waals surface area contributed by atoms with Gasteiger partial charge >= 0.3 is 23.9 Å². The number of carbonyl (C=O) groups excluding carboxylic acids is 4. The van der Waals surface area contributed by atoms with Crippen molar-refractivity contribution >= 4 is 23.9 Å². The minimum absolute atomic E-state index is 0.171. The second-order valence-electron chi connectivity index (χ2n) is 15.7. The van der Waals surface area contributed by atoms with E-state index < -0.39 is 0 Å². The van der Waals surface area contributed by atoms with Crippen LogP contribution in [0.15, 0.2) is 0 Å². The Balaban J connectivity index is 0.000000500. The van der Waals surface area contributed by atoms with Crippen LogP contribution in [0.25, 0.3) is 0 Å². The summed E-state index contributed by atoms with van der Waals surface area (Å²) in [5.41, 5.74) is 0. The van der Waals surface area contributed by atoms with E-state index in [1.807, 2.05) is 0 Å². The van der Waals surface area contributed by atoms with Crippen LogP contribution >= 0.6 is 0 Å². The number of carbonyl (C=O) groups is 4. The molecular formula is C44H80O6. The Morgan fingerprint density at radius 2 is 0.840 bits per heavy atom. The van der Waals surface area contributed by atoms with Gasteiger partial charge in [-0.3, -0.25) is 19.2 Å². The molecule has 4 atom stereocenters. The van der Waals surface area contributed by atoms with E-state index in [0.29, 0.717) is 24.7 Å². The Morgan fingerprint density at radius 3 is 1.18 bits per heavy atom. The molecule has 0 spiro atoms. The minimum Gasteiger partial charge on any atom is -0.393 e. The topological polar surface area (TPSA) is 86.7 Å². The van der Waals surface area contributed by atoms with Crippen molar-refractivity contribution in [2.75, 3.05) is 0 Å². The molecular weight excluding hydrogens is 624 g/mol. The second kappa shape index (κ2) is 32.0. The molecule has 2 heterocycles. The second-order valence-corrected chi connectivity index (χ2v) is 15.7. The van der Waals surface area contributed by atoms with Gasteiger partial charge in [-0.2, -0.15) is 0 Å². The van der Waals surface area contributed by atoms with Crippen molar-refractivity contribution in [3.05, 3.63) is 0 Å². The van der Waals surface area contributed by atoms with Crippen molar-refractivity contribution in [2.24, 2.45) is 23.7 Å². The van der Waals surface area contributed by atoms with E-state index >= 15 is 0 Å². The number of rotatable bonds is 32. The zero-order valence-corrected chi connectivity index (χ0v) is 33.4. The van der Waals surface area contributed by atoms with Gasteiger partial charge in [0.05, 0.1) is 24.7 Å². The summed E-state index contributed by atoms with van der Waals surface area (Å²) in [5, 5.41) is 0. The van der Waals surface area contributed by atoms with Gasteiger partial charge in [0, 0.05) is 0 Å². The summed E-state index contributed by atoms with van der Waals surface area (Å²) in [6.07, 6.45) is 39.9. The molecule has 2 aliphatic heterocycles. The van der Waals surface area contributed by atoms with Crippen LogP contribution in [0.3, 0.4) is 0 Å². The van der Waals surface area contributed by atoms with Crippen LogP contribution in [0.1, 0.15) is 233 Å². The van der Waals surface area contributed by atoms with Crippen LogP contribution < -0.4 is 0 Å². The Hall–Kier alpha value is -1.72. The van der Waals surface area contributed by atoms with Crippen LogP contribution in [0, 0.1) is 23.7 Å². The van der Waals surface area contributed by atoms with Gasteiger partial charge in [0.15, 0.2) is 0 Å². The van der Waals surface area contributed by atoms with Crippen LogP contribution in [0.5, 0.6) is 0 Å². The highest BCUT2D eigenvalue weighted by atomic mass is 16.6. The third-order valence-corrected chi connectivity index (χ3v) is 11.3. The molecule has 6 heteroatoms. The maximum atomic E-state index is 11.7. The highest BCUT2D eigenvalue weighted by Gasteiger charge is 2.38. The third-order valence-electron chi connectivity index (χ3n) is 11.3. The highest BCUT2D eigenvalue weighted by molar-refractivity contribution is 5.95. The first kappa shape index (κ1) is 46.3. The quantitative estimate of drug-likeness (QED) is 0.0393. The van der Waals surface area contributed by atoms with Crippen LogP contribution in [-0.4, -0.2) is 23.9 Å². The van der Waals surface area contributed by atoms with E-state index in [0.717, 1.165) is 25.7 Å². The lowest BCUT2D eigenvalue weighted by molar-refractivity contribution is -0.155. The Bertz CT molecular complexity index is 869. The minimum atomic E-state index is -0.338. The molecule has 0 N–H and O–H groups in total. The SMILES string of the molecule is CCCCCCCCCCCCCCC(CC)CC1CC(=O)OC1=O.CCCCCCCCCCCCCCCC(CC)C1CC(=O)OC1=O. The van der Waals surface area contributed by atoms with Crippen molar-refractivity contribution in [3.63, 3.8) is 0 Å². The van der Waals surface area contributed by atoms with Gasteiger partial charge < -0.3 is 9.47 Å². The van der Waals surface area contributed by atoms with Gasteiger partial charge in [0.25, 0.3) is 0 Å². The zero-order chi connectivity index (χ0) is 36.7. The smallest absolute Gasteiger partial charge is 0.317 e. The van der Waals surface area contributed by atoms with E-state index in [2.05, 4.69) is 32.4 Å². The van der Waals surface area contributed by atoms with Gasteiger partial charge in [-0.15, -0.1) is 0 Å². The summed E-state index contributed by atoms with van der Waals surface area (Å²) in [6.45, 7) is 8.84. The van der Waals surface area contributed by atoms with E-state index in [-0.39, 0.29) is 35.7 Å². The fraction of sp³-hybridized carbons (Fsp3) is 0.909. The molecule has 6 nitrogen and oxygen atoms in total. The fourth-order valence-corrected chi connectivity index (χ4v) is 7.83. The molecule has 0 saturated carbocycles. The van der Waals surface area contributed by atoms with Crippen molar-refractivity contribution in [2.45, 2.75) is 233 Å². The molecule has 50 heavy (non-hydrogen) atoms. The molecule has 2 aliphatic rings. The summed E-state index contributed by atoms with van der Waals surface area (Å²) >= 11 is 0. The first-order valence-electron chi connectivity index (χ1n) is 21.8. The van der Waals surface area contributed by atoms with Crippen molar-refractivity contribution in [1.82, 2.24) is 0 Å². The summed E-state index contributed by atoms with van der Waals surface area (Å²) in [7, 11) is 0. The predicted octanol–water partition coefficient (Wildman–Crippen LogP) is 13.2. The van der Waals surface area contributed by atoms with Crippen LogP contribution in [0.2, 0.25) is 0 Å². The number of ether oxygens (including phenoxy) is 2. The van der Waals surface area contributed by atoms with Gasteiger partial charge in [-0.05, 0) is 24.7 Å². The number of cyclic esters (lactones) is 4. The van der Waals surface area contributed by atoms with E-state index in [4.69, 9.17) is 4.74 Å². The average molecular weight is 705 g/mol. The number of hydrogen-bond donors (Lipinski definition) is 0. The summed E-state index contributed by atoms with van der Waals surface area (Å²) in [5.74, 6) is -0.707. The molecule has 0 aromatic carbocycles. The van der Waals surface area contributed by atoms with Crippen molar-refractivity contribution in [1.29, 1.82) is 0 Å². The molecule has 292 valence electrons. The zero-order valence-electron chi connectivity index (χ0n) is 33.4. The first-order valence-corrected chi connectivity index (χ1v) is 21.8. The van der Waals surface area contributed by atoms with E-state index in [1.54, 1.807) is 0 Å². The molecule has 0 aromatic heterocycles. The van der Waals surface area contributed by atoms with E-state index in [9.17, 15) is 19.2 Å². The van der Waals surface area contributed by atoms with Crippen LogP contribution in [-0.2, 0) is 28.7 Å². The lowest BCUT2D eigenvalue weighted by Crippen LogP contribution is -2.19. The molecule has 4 unspecified atom stereocenters. The van der Waals surface area contributed by atoms with Gasteiger partial charge in [-0.25, -0.2) is 0 Å². The highest BCUT2D eigenvalue weighted by Crippen LogP contribution is 2.31. The fourth-order valence-electron chi connectivity index (χ4n) is 7.83. The molecule has 0 bridgehead atoms. The molecule has 0 aromatic rings. The van der Waals surface area contributed by atoms with Crippen molar-refractivity contribution < 1.29 is 28.7 Å². The standard InChI is InChI=1S/2C22H40O3/c1-3-5-6-7-8-9-10-11-12-13-14-15-16-19(4-2)17-20-18-21(23)25-22(20)24;1-3-5-6-7-8-9-10-11-12-13-14-15-16-17-19(4-2)20-18-21(23)25-22(20)24/h2*19-20H,3-18H2,1-2H3. The molecule has 0 aliphatic carbocycles. The van der Waals surface area contributed by atoms with Crippen molar-refractivity contribution in [3.8, 4) is 0 Å². The number of unbranched alkanes of at least 4 members (excludes halogenated alkanes) is 23. The Kier molecular flexibility index (Phi) is 29.6. The monoisotopic (exact) mass is 705 g/mol. The maximum Gasteiger partial charge on any atom is 0.317 e. The molecule has 0 radical (unpaired) electrons. The Morgan fingerprint density at radius 1 is 0.460 bits per heavy atom. The third kappa shape index (κ3) is 23.7. The summed E-state index contributed by atoms with van der Waals surface area (Å²) in [6, 6.07) is 0. The number of hydrogen-bond acceptors (Lipinski definition) is 6. The van der Waals surface area contributed by atoms with Gasteiger partial charge in [0.2, 0.25) is 0 Å². The predicted molar refractivity (Wildman–Crippen MR) is 207 cm³/mol. The van der Waals surface area contributed by atoms with Crippen LogP contribution in [0.4, 0.5) is 0 Å². The molecule has 0 amide bonds. The largest absolute Gasteiger partial charge is 0.393 e. The Labute approximate surface area is 308 Å². The van der Waals surface area contributed by atoms with E-state index in [1.165, 1.54) is 167 Å².